The Morgan fingerprint density at radius 3 is 1.75 bits per heavy atom. The van der Waals surface area contributed by atoms with E-state index in [0.29, 0.717) is 12.0 Å². The molecule has 16 heavy (non-hydrogen) atoms. The van der Waals surface area contributed by atoms with E-state index in [2.05, 4.69) is 0 Å². The van der Waals surface area contributed by atoms with Gasteiger partial charge in [0.25, 0.3) is 0 Å². The van der Waals surface area contributed by atoms with E-state index in [4.69, 9.17) is 5.11 Å². The average molecular weight is 222 g/mol. The van der Waals surface area contributed by atoms with E-state index in [9.17, 15) is 9.59 Å². The smallest absolute Gasteiger partial charge is 0.332 e. The van der Waals surface area contributed by atoms with Crippen molar-refractivity contribution in [2.45, 2.75) is 33.6 Å². The highest BCUT2D eigenvalue weighted by molar-refractivity contribution is 6.02. The first-order valence-electron chi connectivity index (χ1n) is 5.23. The molecule has 3 nitrogen and oxygen atoms in total. The van der Waals surface area contributed by atoms with Crippen LogP contribution < -0.4 is 0 Å². The Morgan fingerprint density at radius 1 is 1.00 bits per heavy atom. The fourth-order valence-corrected chi connectivity index (χ4v) is 1.29. The third kappa shape index (κ3) is 4.73. The molecule has 0 aromatic heterocycles. The van der Waals surface area contributed by atoms with Crippen LogP contribution in [0.5, 0.6) is 0 Å². The predicted octanol–water partition coefficient (Wildman–Crippen LogP) is 2.89. The van der Waals surface area contributed by atoms with Crippen molar-refractivity contribution in [3.8, 4) is 0 Å². The molecular weight excluding hydrogens is 204 g/mol. The predicted molar refractivity (Wildman–Crippen MR) is 64.2 cm³/mol. The zero-order valence-electron chi connectivity index (χ0n) is 9.99. The van der Waals surface area contributed by atoms with Crippen LogP contribution in [-0.4, -0.2) is 16.9 Å². The van der Waals surface area contributed by atoms with Crippen molar-refractivity contribution in [2.24, 2.45) is 0 Å². The van der Waals surface area contributed by atoms with Crippen molar-refractivity contribution >= 4 is 11.8 Å². The average Bonchev–Trinajstić information content (AvgIpc) is 2.21. The Bertz CT molecular complexity index is 312. The second-order valence-corrected chi connectivity index (χ2v) is 3.36. The van der Waals surface area contributed by atoms with E-state index in [1.807, 2.05) is 13.8 Å². The number of aliphatic carboxylic acids is 1. The molecule has 88 valence electrons. The number of allylic oxidation sites excluding steroid dienone is 5. The number of ketones is 1. The van der Waals surface area contributed by atoms with Gasteiger partial charge in [0.2, 0.25) is 0 Å². The summed E-state index contributed by atoms with van der Waals surface area (Å²) in [5.41, 5.74) is 0.562. The SMILES string of the molecule is C/C=C/C/C(C(C)=O)=C(\C/C=C/C)C(=O)O. The maximum absolute atomic E-state index is 11.4. The molecule has 0 bridgehead atoms. The van der Waals surface area contributed by atoms with Gasteiger partial charge in [0.15, 0.2) is 5.78 Å². The molecule has 3 heteroatoms. The topological polar surface area (TPSA) is 54.4 Å². The lowest BCUT2D eigenvalue weighted by atomic mass is 9.98. The Morgan fingerprint density at radius 2 is 1.44 bits per heavy atom. The minimum atomic E-state index is -1.02. The quantitative estimate of drug-likeness (QED) is 0.555. The summed E-state index contributed by atoms with van der Waals surface area (Å²) in [4.78, 5) is 22.4. The molecule has 0 aliphatic rings. The third-order valence-electron chi connectivity index (χ3n) is 2.16. The normalized spacial score (nSPS) is 13.2. The van der Waals surface area contributed by atoms with Crippen LogP contribution >= 0.6 is 0 Å². The Kier molecular flexibility index (Phi) is 6.84. The van der Waals surface area contributed by atoms with Crippen LogP contribution in [0.3, 0.4) is 0 Å². The Labute approximate surface area is 96.2 Å². The molecule has 0 heterocycles. The van der Waals surface area contributed by atoms with Crippen LogP contribution in [0, 0.1) is 0 Å². The Balaban J connectivity index is 5.25. The second-order valence-electron chi connectivity index (χ2n) is 3.36. The highest BCUT2D eigenvalue weighted by Crippen LogP contribution is 2.16. The minimum absolute atomic E-state index is 0.181. The highest BCUT2D eigenvalue weighted by Gasteiger charge is 2.15. The fourth-order valence-electron chi connectivity index (χ4n) is 1.29. The second kappa shape index (κ2) is 7.63. The van der Waals surface area contributed by atoms with Crippen molar-refractivity contribution in [3.63, 3.8) is 0 Å². The van der Waals surface area contributed by atoms with Crippen LogP contribution in [0.1, 0.15) is 33.6 Å². The van der Waals surface area contributed by atoms with Gasteiger partial charge in [-0.05, 0) is 33.6 Å². The summed E-state index contributed by atoms with van der Waals surface area (Å²) in [6, 6.07) is 0. The summed E-state index contributed by atoms with van der Waals surface area (Å²) in [5, 5.41) is 9.05. The van der Waals surface area contributed by atoms with Gasteiger partial charge in [0.1, 0.15) is 0 Å². The van der Waals surface area contributed by atoms with E-state index in [1.54, 1.807) is 24.3 Å². The standard InChI is InChI=1S/C13H18O3/c1-4-6-8-11(10(3)14)12(13(15)16)9-7-5-2/h4-7H,8-9H2,1-3H3,(H,15,16)/b6-4+,7-5+,12-11-. The van der Waals surface area contributed by atoms with Crippen LogP contribution in [0.15, 0.2) is 35.5 Å². The van der Waals surface area contributed by atoms with Gasteiger partial charge in [0, 0.05) is 11.1 Å². The summed E-state index contributed by atoms with van der Waals surface area (Å²) in [5.74, 6) is -1.20. The molecule has 1 N–H and O–H groups in total. The number of carbonyl (C=O) groups excluding carboxylic acids is 1. The Hall–Kier alpha value is -1.64. The zero-order chi connectivity index (χ0) is 12.6. The van der Waals surface area contributed by atoms with Gasteiger partial charge in [-0.2, -0.15) is 0 Å². The molecule has 0 atom stereocenters. The molecule has 0 aromatic carbocycles. The maximum atomic E-state index is 11.4. The molecule has 0 aliphatic carbocycles. The summed E-state index contributed by atoms with van der Waals surface area (Å²) < 4.78 is 0. The first-order chi connectivity index (χ1) is 7.54. The van der Waals surface area contributed by atoms with Crippen molar-refractivity contribution in [1.29, 1.82) is 0 Å². The fraction of sp³-hybridized carbons (Fsp3) is 0.385. The molecule has 0 aliphatic heterocycles. The number of hydrogen-bond donors (Lipinski definition) is 1. The van der Waals surface area contributed by atoms with E-state index in [0.717, 1.165) is 0 Å². The minimum Gasteiger partial charge on any atom is -0.478 e. The van der Waals surface area contributed by atoms with Crippen LogP contribution in [0.25, 0.3) is 0 Å². The van der Waals surface area contributed by atoms with Gasteiger partial charge < -0.3 is 5.11 Å². The summed E-state index contributed by atoms with van der Waals surface area (Å²) in [6.07, 6.45) is 7.77. The lowest BCUT2D eigenvalue weighted by Crippen LogP contribution is -2.09. The van der Waals surface area contributed by atoms with E-state index < -0.39 is 5.97 Å². The molecular formula is C13H18O3. The third-order valence-corrected chi connectivity index (χ3v) is 2.16. The molecule has 0 unspecified atom stereocenters. The van der Waals surface area contributed by atoms with Gasteiger partial charge in [-0.3, -0.25) is 4.79 Å². The van der Waals surface area contributed by atoms with Gasteiger partial charge in [-0.1, -0.05) is 24.3 Å². The summed E-state index contributed by atoms with van der Waals surface area (Å²) >= 11 is 0. The van der Waals surface area contributed by atoms with Crippen LogP contribution in [0.4, 0.5) is 0 Å². The number of carbonyl (C=O) groups is 2. The van der Waals surface area contributed by atoms with E-state index in [-0.39, 0.29) is 17.8 Å². The van der Waals surface area contributed by atoms with E-state index >= 15 is 0 Å². The lowest BCUT2D eigenvalue weighted by Gasteiger charge is -2.06. The lowest BCUT2D eigenvalue weighted by molar-refractivity contribution is -0.133. The largest absolute Gasteiger partial charge is 0.478 e. The molecule has 0 fully saturated rings. The number of carboxylic acids is 1. The van der Waals surface area contributed by atoms with Crippen molar-refractivity contribution in [3.05, 3.63) is 35.5 Å². The van der Waals surface area contributed by atoms with Gasteiger partial charge in [0.05, 0.1) is 0 Å². The molecule has 0 saturated carbocycles. The van der Waals surface area contributed by atoms with Gasteiger partial charge in [-0.15, -0.1) is 0 Å². The number of carboxylic acid groups (broad SMARTS) is 1. The molecule has 0 amide bonds. The first-order valence-corrected chi connectivity index (χ1v) is 5.23. The van der Waals surface area contributed by atoms with Crippen LogP contribution in [-0.2, 0) is 9.59 Å². The molecule has 0 aromatic rings. The van der Waals surface area contributed by atoms with Gasteiger partial charge >= 0.3 is 5.97 Å². The van der Waals surface area contributed by atoms with Gasteiger partial charge in [-0.25, -0.2) is 4.79 Å². The van der Waals surface area contributed by atoms with Crippen LogP contribution in [0.2, 0.25) is 0 Å². The van der Waals surface area contributed by atoms with Crippen molar-refractivity contribution in [1.82, 2.24) is 0 Å². The monoisotopic (exact) mass is 222 g/mol. The van der Waals surface area contributed by atoms with Crippen molar-refractivity contribution < 1.29 is 14.7 Å². The molecule has 0 rings (SSSR count). The highest BCUT2D eigenvalue weighted by atomic mass is 16.4. The number of hydrogen-bond acceptors (Lipinski definition) is 2. The first kappa shape index (κ1) is 14.4. The molecule has 0 saturated heterocycles. The summed E-state index contributed by atoms with van der Waals surface area (Å²) in [6.45, 7) is 5.06. The number of Topliss-reactive ketones (excluding diaryl/α,β-unsaturated/α-hetero) is 1. The zero-order valence-corrected chi connectivity index (χ0v) is 9.99. The van der Waals surface area contributed by atoms with Crippen molar-refractivity contribution in [2.75, 3.05) is 0 Å². The molecule has 0 spiro atoms. The maximum Gasteiger partial charge on any atom is 0.332 e. The van der Waals surface area contributed by atoms with E-state index in [1.165, 1.54) is 6.92 Å². The summed E-state index contributed by atoms with van der Waals surface area (Å²) in [7, 11) is 0. The number of rotatable bonds is 6. The molecule has 0 radical (unpaired) electrons.